The normalized spacial score (nSPS) is 12.1. The van der Waals surface area contributed by atoms with Crippen LogP contribution in [-0.4, -0.2) is 47.1 Å². The van der Waals surface area contributed by atoms with Crippen LogP contribution in [0.15, 0.2) is 58.9 Å². The minimum atomic E-state index is -0.829. The first-order valence-corrected chi connectivity index (χ1v) is 18.7. The number of nitrogens with two attached hydrogens (primary N) is 2. The van der Waals surface area contributed by atoms with E-state index in [9.17, 15) is 14.9 Å². The molecule has 0 bridgehead atoms. The number of rotatable bonds is 17. The molecule has 14 heteroatoms. The zero-order chi connectivity index (χ0) is 36.9. The Balaban J connectivity index is 1.38. The van der Waals surface area contributed by atoms with Gasteiger partial charge in [-0.25, -0.2) is 19.6 Å². The van der Waals surface area contributed by atoms with E-state index >= 15 is 0 Å². The van der Waals surface area contributed by atoms with Crippen molar-refractivity contribution in [2.45, 2.75) is 69.3 Å². The van der Waals surface area contributed by atoms with E-state index < -0.39 is 18.1 Å². The number of ether oxygens (including phenoxy) is 2. The quantitative estimate of drug-likeness (QED) is 0.0419. The maximum Gasteiger partial charge on any atom is 0.329 e. The molecule has 0 unspecified atom stereocenters. The Hall–Kier alpha value is -4.66. The van der Waals surface area contributed by atoms with E-state index in [4.69, 9.17) is 44.1 Å². The van der Waals surface area contributed by atoms with Crippen LogP contribution in [-0.2, 0) is 20.1 Å². The topological polar surface area (TPSA) is 171 Å². The molecule has 51 heavy (non-hydrogen) atoms. The number of amides is 1. The lowest BCUT2D eigenvalue weighted by molar-refractivity contribution is -0.150. The van der Waals surface area contributed by atoms with Gasteiger partial charge in [0, 0.05) is 27.3 Å². The van der Waals surface area contributed by atoms with Crippen molar-refractivity contribution in [3.05, 3.63) is 81.6 Å². The van der Waals surface area contributed by atoms with Crippen molar-refractivity contribution in [2.24, 2.45) is 11.7 Å². The van der Waals surface area contributed by atoms with Crippen molar-refractivity contribution >= 4 is 58.1 Å². The summed E-state index contributed by atoms with van der Waals surface area (Å²) in [4.78, 5) is 38.0. The molecular weight excluding hydrogens is 706 g/mol. The van der Waals surface area contributed by atoms with Gasteiger partial charge in [-0.3, -0.25) is 4.79 Å². The van der Waals surface area contributed by atoms with Crippen molar-refractivity contribution in [1.82, 2.24) is 15.3 Å². The molecule has 266 valence electrons. The molecule has 0 radical (unpaired) electrons. The smallest absolute Gasteiger partial charge is 0.329 e. The molecule has 0 saturated heterocycles. The molecule has 2 aromatic heterocycles. The van der Waals surface area contributed by atoms with Crippen LogP contribution in [0.2, 0.25) is 5.02 Å². The van der Waals surface area contributed by atoms with E-state index in [1.165, 1.54) is 23.1 Å². The van der Waals surface area contributed by atoms with Gasteiger partial charge >= 0.3 is 5.97 Å². The highest BCUT2D eigenvalue weighted by Gasteiger charge is 2.28. The van der Waals surface area contributed by atoms with Crippen LogP contribution in [0.25, 0.3) is 26.5 Å². The Morgan fingerprint density at radius 1 is 1.10 bits per heavy atom. The number of nitrogens with zero attached hydrogens (tertiary/aromatic N) is 4. The number of esters is 1. The number of carbonyl (C=O) groups is 2. The molecule has 0 aliphatic rings. The lowest BCUT2D eigenvalue weighted by Crippen LogP contribution is -2.51. The number of thiazole rings is 1. The highest BCUT2D eigenvalue weighted by molar-refractivity contribution is 7.98. The first kappa shape index (κ1) is 39.1. The van der Waals surface area contributed by atoms with Gasteiger partial charge in [-0.05, 0) is 42.2 Å². The first-order valence-electron chi connectivity index (χ1n) is 16.5. The van der Waals surface area contributed by atoms with Gasteiger partial charge in [0.15, 0.2) is 0 Å². The third kappa shape index (κ3) is 10.7. The number of hydrogen-bond acceptors (Lipinski definition) is 11. The second-order valence-electron chi connectivity index (χ2n) is 11.9. The lowest BCUT2D eigenvalue weighted by Gasteiger charge is -2.22. The molecule has 4 aromatic rings. The van der Waals surface area contributed by atoms with Crippen molar-refractivity contribution in [3.8, 4) is 33.5 Å². The highest BCUT2D eigenvalue weighted by atomic mass is 35.5. The number of anilines is 1. The lowest BCUT2D eigenvalue weighted by atomic mass is 10.00. The van der Waals surface area contributed by atoms with Gasteiger partial charge in [0.2, 0.25) is 11.6 Å². The van der Waals surface area contributed by atoms with Crippen molar-refractivity contribution < 1.29 is 19.1 Å². The molecule has 1 amide bonds. The molecular formula is C37H40ClN7O4S2. The SMILES string of the molecule is [C-]#[N+]c1c(N)nc(SCc2csc(-c3ccc(Cl)cc3)n2)c(C#N)c1-c1ccc(OCCOC(=O)[C@@H](NC(=O)[C@@H](N)CCCCC)C(C)C)cc1. The first-order chi connectivity index (χ1) is 24.6. The van der Waals surface area contributed by atoms with Gasteiger partial charge in [0.05, 0.1) is 23.9 Å². The monoisotopic (exact) mass is 745 g/mol. The molecule has 0 fully saturated rings. The number of pyridine rings is 1. The van der Waals surface area contributed by atoms with Crippen molar-refractivity contribution in [1.29, 1.82) is 5.26 Å². The van der Waals surface area contributed by atoms with Crippen LogP contribution in [0, 0.1) is 23.8 Å². The van der Waals surface area contributed by atoms with Crippen molar-refractivity contribution in [2.75, 3.05) is 18.9 Å². The zero-order valence-corrected chi connectivity index (χ0v) is 31.0. The number of nitrogens with one attached hydrogen (secondary N) is 1. The van der Waals surface area contributed by atoms with Crippen LogP contribution in [0.1, 0.15) is 57.7 Å². The van der Waals surface area contributed by atoms with E-state index in [0.717, 1.165) is 35.5 Å². The average Bonchev–Trinajstić information content (AvgIpc) is 3.60. The minimum Gasteiger partial charge on any atom is -0.490 e. The van der Waals surface area contributed by atoms with Crippen LogP contribution in [0.5, 0.6) is 5.75 Å². The second kappa shape index (κ2) is 19.1. The van der Waals surface area contributed by atoms with Gasteiger partial charge in [0.1, 0.15) is 46.9 Å². The van der Waals surface area contributed by atoms with E-state index in [-0.39, 0.29) is 42.1 Å². The number of halogens is 1. The van der Waals surface area contributed by atoms with E-state index in [0.29, 0.717) is 39.1 Å². The highest BCUT2D eigenvalue weighted by Crippen LogP contribution is 2.42. The van der Waals surface area contributed by atoms with Gasteiger partial charge in [-0.1, -0.05) is 87.7 Å². The maximum absolute atomic E-state index is 12.8. The standard InChI is InChI=1S/C37H40ClN7O4S2/c1-5-6-7-8-29(40)34(46)44-31(22(2)3)37(47)49-18-17-48-27-15-11-23(12-16-27)30-28(19-39)36(45-33(41)32(30)42-4)51-21-26-20-50-35(43-26)24-9-13-25(38)14-10-24/h9-16,20,22,29,31H,5-8,17-18,21,40H2,1-3H3,(H2,41,45)(H,44,46)/t29-,31-/m0/s1. The Morgan fingerprint density at radius 3 is 2.45 bits per heavy atom. The molecule has 0 spiro atoms. The largest absolute Gasteiger partial charge is 0.490 e. The third-order valence-corrected chi connectivity index (χ3v) is 10.0. The summed E-state index contributed by atoms with van der Waals surface area (Å²) in [6, 6.07) is 15.0. The Kier molecular flexibility index (Phi) is 14.6. The second-order valence-corrected chi connectivity index (χ2v) is 14.2. The summed E-state index contributed by atoms with van der Waals surface area (Å²) in [5, 5.41) is 16.8. The Labute approximate surface area is 311 Å². The molecule has 0 aliphatic heterocycles. The predicted molar refractivity (Wildman–Crippen MR) is 203 cm³/mol. The summed E-state index contributed by atoms with van der Waals surface area (Å²) >= 11 is 8.84. The summed E-state index contributed by atoms with van der Waals surface area (Å²) < 4.78 is 11.2. The fourth-order valence-corrected chi connectivity index (χ4v) is 6.97. The molecule has 5 N–H and O–H groups in total. The fourth-order valence-electron chi connectivity index (χ4n) is 5.03. The number of hydrogen-bond donors (Lipinski definition) is 3. The van der Waals surface area contributed by atoms with Crippen LogP contribution in [0.3, 0.4) is 0 Å². The van der Waals surface area contributed by atoms with E-state index in [1.807, 2.05) is 43.5 Å². The maximum atomic E-state index is 12.8. The number of nitriles is 1. The summed E-state index contributed by atoms with van der Waals surface area (Å²) in [6.45, 7) is 13.5. The molecule has 11 nitrogen and oxygen atoms in total. The molecule has 2 atom stereocenters. The van der Waals surface area contributed by atoms with Crippen LogP contribution in [0.4, 0.5) is 11.5 Å². The van der Waals surface area contributed by atoms with Gasteiger partial charge < -0.3 is 26.3 Å². The van der Waals surface area contributed by atoms with Crippen molar-refractivity contribution in [3.63, 3.8) is 0 Å². The van der Waals surface area contributed by atoms with Gasteiger partial charge in [0.25, 0.3) is 0 Å². The summed E-state index contributed by atoms with van der Waals surface area (Å²) in [5.74, 6) is -0.175. The predicted octanol–water partition coefficient (Wildman–Crippen LogP) is 7.79. The number of aromatic nitrogens is 2. The number of carbonyl (C=O) groups excluding carboxylic acids is 2. The number of nitrogen functional groups attached to an aromatic ring is 1. The van der Waals surface area contributed by atoms with E-state index in [2.05, 4.69) is 28.1 Å². The molecule has 0 aliphatic carbocycles. The summed E-state index contributed by atoms with van der Waals surface area (Å²) in [7, 11) is 0. The minimum absolute atomic E-state index is 0.0261. The van der Waals surface area contributed by atoms with Gasteiger partial charge in [-0.15, -0.1) is 11.3 Å². The molecule has 4 rings (SSSR count). The Morgan fingerprint density at radius 2 is 1.80 bits per heavy atom. The van der Waals surface area contributed by atoms with E-state index in [1.54, 1.807) is 24.3 Å². The average molecular weight is 746 g/mol. The Bertz CT molecular complexity index is 1890. The van der Waals surface area contributed by atoms with Gasteiger partial charge in [-0.2, -0.15) is 5.26 Å². The number of benzene rings is 2. The molecule has 2 aromatic carbocycles. The van der Waals surface area contributed by atoms with Crippen LogP contribution >= 0.6 is 34.7 Å². The van der Waals surface area contributed by atoms with Crippen LogP contribution < -0.4 is 21.5 Å². The molecule has 0 saturated carbocycles. The fraction of sp³-hybridized carbons (Fsp3) is 0.351. The molecule has 2 heterocycles. The summed E-state index contributed by atoms with van der Waals surface area (Å²) in [6.07, 6.45) is 3.41. The number of unbranched alkanes of at least 4 members (excludes halogenated alkanes) is 2. The third-order valence-electron chi connectivity index (χ3n) is 7.80. The summed E-state index contributed by atoms with van der Waals surface area (Å²) in [5.41, 5.74) is 15.3. The zero-order valence-electron chi connectivity index (χ0n) is 28.6. The number of thioether (sulfide) groups is 1.